The number of hydrogen-bond donors (Lipinski definition) is 1. The van der Waals surface area contributed by atoms with E-state index in [9.17, 15) is 0 Å². The molecule has 0 aromatic rings. The molecule has 2 aliphatic rings. The van der Waals surface area contributed by atoms with Crippen LogP contribution < -0.4 is 5.32 Å². The van der Waals surface area contributed by atoms with E-state index in [1.165, 1.54) is 58.2 Å². The fourth-order valence-corrected chi connectivity index (χ4v) is 3.64. The van der Waals surface area contributed by atoms with Gasteiger partial charge in [0.25, 0.3) is 0 Å². The Balaban J connectivity index is 1.86. The normalized spacial score (nSPS) is 33.5. The zero-order chi connectivity index (χ0) is 13.0. The Bertz CT molecular complexity index is 225. The summed E-state index contributed by atoms with van der Waals surface area (Å²) in [6, 6.07) is 1.63. The topological polar surface area (TPSA) is 15.3 Å². The Morgan fingerprint density at radius 2 is 1.83 bits per heavy atom. The predicted octanol–water partition coefficient (Wildman–Crippen LogP) is 3.28. The van der Waals surface area contributed by atoms with Crippen LogP contribution in [0.25, 0.3) is 0 Å². The molecule has 106 valence electrons. The van der Waals surface area contributed by atoms with E-state index in [2.05, 4.69) is 31.0 Å². The molecule has 2 fully saturated rings. The Hall–Kier alpha value is -0.0800. The van der Waals surface area contributed by atoms with Gasteiger partial charge in [0.05, 0.1) is 0 Å². The van der Waals surface area contributed by atoms with Crippen molar-refractivity contribution in [1.29, 1.82) is 0 Å². The monoisotopic (exact) mass is 252 g/mol. The lowest BCUT2D eigenvalue weighted by Gasteiger charge is -2.38. The molecule has 1 aliphatic heterocycles. The molecule has 0 amide bonds. The summed E-state index contributed by atoms with van der Waals surface area (Å²) in [6.45, 7) is 11.0. The van der Waals surface area contributed by atoms with Gasteiger partial charge in [0.1, 0.15) is 0 Å². The van der Waals surface area contributed by atoms with Gasteiger partial charge in [0.2, 0.25) is 0 Å². The van der Waals surface area contributed by atoms with E-state index in [-0.39, 0.29) is 0 Å². The first kappa shape index (κ1) is 14.3. The third-order valence-electron chi connectivity index (χ3n) is 4.72. The second-order valence-electron chi connectivity index (χ2n) is 7.05. The van der Waals surface area contributed by atoms with E-state index in [0.29, 0.717) is 0 Å². The number of hydrogen-bond acceptors (Lipinski definition) is 2. The minimum atomic E-state index is 0.767. The molecular formula is C16H32N2. The van der Waals surface area contributed by atoms with E-state index >= 15 is 0 Å². The smallest absolute Gasteiger partial charge is 0.0195 e. The zero-order valence-electron chi connectivity index (χ0n) is 12.6. The van der Waals surface area contributed by atoms with Gasteiger partial charge in [-0.1, -0.05) is 20.8 Å². The van der Waals surface area contributed by atoms with Crippen molar-refractivity contribution in [3.8, 4) is 0 Å². The second kappa shape index (κ2) is 6.91. The Morgan fingerprint density at radius 1 is 1.11 bits per heavy atom. The van der Waals surface area contributed by atoms with Crippen molar-refractivity contribution < 1.29 is 0 Å². The van der Waals surface area contributed by atoms with Crippen LogP contribution in [0.15, 0.2) is 0 Å². The van der Waals surface area contributed by atoms with Crippen LogP contribution >= 0.6 is 0 Å². The summed E-state index contributed by atoms with van der Waals surface area (Å²) >= 11 is 0. The third kappa shape index (κ3) is 4.24. The van der Waals surface area contributed by atoms with E-state index in [1.807, 2.05) is 0 Å². The highest BCUT2D eigenvalue weighted by atomic mass is 15.2. The fourth-order valence-electron chi connectivity index (χ4n) is 3.64. The summed E-state index contributed by atoms with van der Waals surface area (Å²) in [7, 11) is 0. The van der Waals surface area contributed by atoms with Gasteiger partial charge < -0.3 is 5.32 Å². The van der Waals surface area contributed by atoms with Crippen LogP contribution in [0.3, 0.4) is 0 Å². The molecule has 1 unspecified atom stereocenters. The molecule has 0 aromatic heterocycles. The fraction of sp³-hybridized carbons (Fsp3) is 1.00. The van der Waals surface area contributed by atoms with Crippen molar-refractivity contribution in [2.75, 3.05) is 19.6 Å². The van der Waals surface area contributed by atoms with Crippen LogP contribution in [0.5, 0.6) is 0 Å². The molecule has 0 radical (unpaired) electrons. The number of nitrogens with zero attached hydrogens (tertiary/aromatic N) is 1. The average molecular weight is 252 g/mol. The second-order valence-corrected chi connectivity index (χ2v) is 7.05. The lowest BCUT2D eigenvalue weighted by atomic mass is 9.86. The number of rotatable bonds is 5. The molecule has 0 spiro atoms. The molecule has 18 heavy (non-hydrogen) atoms. The highest BCUT2D eigenvalue weighted by molar-refractivity contribution is 4.84. The van der Waals surface area contributed by atoms with Crippen LogP contribution in [-0.4, -0.2) is 36.6 Å². The van der Waals surface area contributed by atoms with Gasteiger partial charge in [-0.15, -0.1) is 0 Å². The van der Waals surface area contributed by atoms with Crippen LogP contribution in [0.2, 0.25) is 0 Å². The van der Waals surface area contributed by atoms with E-state index in [1.54, 1.807) is 0 Å². The van der Waals surface area contributed by atoms with Crippen molar-refractivity contribution >= 4 is 0 Å². The van der Waals surface area contributed by atoms with Gasteiger partial charge in [0, 0.05) is 25.2 Å². The first-order valence-electron chi connectivity index (χ1n) is 8.12. The van der Waals surface area contributed by atoms with Crippen molar-refractivity contribution in [2.24, 2.45) is 11.8 Å². The molecule has 1 heterocycles. The van der Waals surface area contributed by atoms with Gasteiger partial charge in [-0.2, -0.15) is 0 Å². The molecule has 2 nitrogen and oxygen atoms in total. The maximum atomic E-state index is 3.67. The highest BCUT2D eigenvalue weighted by Crippen LogP contribution is 2.28. The van der Waals surface area contributed by atoms with Crippen LogP contribution in [-0.2, 0) is 0 Å². The van der Waals surface area contributed by atoms with Crippen molar-refractivity contribution in [3.63, 3.8) is 0 Å². The lowest BCUT2D eigenvalue weighted by molar-refractivity contribution is 0.116. The van der Waals surface area contributed by atoms with Gasteiger partial charge in [-0.3, -0.25) is 4.90 Å². The van der Waals surface area contributed by atoms with Gasteiger partial charge in [-0.25, -0.2) is 0 Å². The summed E-state index contributed by atoms with van der Waals surface area (Å²) in [5.41, 5.74) is 0. The Morgan fingerprint density at radius 3 is 2.39 bits per heavy atom. The van der Waals surface area contributed by atoms with Gasteiger partial charge in [-0.05, 0) is 56.9 Å². The summed E-state index contributed by atoms with van der Waals surface area (Å²) in [5, 5.41) is 3.67. The molecule has 0 aromatic carbocycles. The number of nitrogens with one attached hydrogen (secondary N) is 1. The van der Waals surface area contributed by atoms with E-state index < -0.39 is 0 Å². The molecule has 1 saturated heterocycles. The summed E-state index contributed by atoms with van der Waals surface area (Å²) in [4.78, 5) is 2.81. The standard InChI is InChI=1S/C16H32N2/c1-13(2)11-18(12-15-5-4-10-17-15)16-8-6-14(3)7-9-16/h13-17H,4-12H2,1-3H3. The molecule has 1 N–H and O–H groups in total. The van der Waals surface area contributed by atoms with Crippen molar-refractivity contribution in [2.45, 2.75) is 71.4 Å². The Labute approximate surface area is 114 Å². The minimum absolute atomic E-state index is 0.767. The van der Waals surface area contributed by atoms with Gasteiger partial charge in [0.15, 0.2) is 0 Å². The third-order valence-corrected chi connectivity index (χ3v) is 4.72. The predicted molar refractivity (Wildman–Crippen MR) is 78.9 cm³/mol. The molecule has 2 heteroatoms. The molecule has 2 rings (SSSR count). The van der Waals surface area contributed by atoms with Crippen LogP contribution in [0.4, 0.5) is 0 Å². The largest absolute Gasteiger partial charge is 0.313 e. The van der Waals surface area contributed by atoms with E-state index in [0.717, 1.165) is 23.9 Å². The summed E-state index contributed by atoms with van der Waals surface area (Å²) < 4.78 is 0. The van der Waals surface area contributed by atoms with Crippen LogP contribution in [0, 0.1) is 11.8 Å². The molecule has 1 aliphatic carbocycles. The maximum absolute atomic E-state index is 3.67. The molecular weight excluding hydrogens is 220 g/mol. The van der Waals surface area contributed by atoms with Crippen molar-refractivity contribution in [3.05, 3.63) is 0 Å². The zero-order valence-corrected chi connectivity index (χ0v) is 12.6. The van der Waals surface area contributed by atoms with Crippen LogP contribution in [0.1, 0.15) is 59.3 Å². The summed E-state index contributed by atoms with van der Waals surface area (Å²) in [5.74, 6) is 1.76. The lowest BCUT2D eigenvalue weighted by Crippen LogP contribution is -2.46. The average Bonchev–Trinajstić information content (AvgIpc) is 2.81. The van der Waals surface area contributed by atoms with Gasteiger partial charge >= 0.3 is 0 Å². The van der Waals surface area contributed by atoms with Crippen molar-refractivity contribution in [1.82, 2.24) is 10.2 Å². The first-order chi connectivity index (χ1) is 8.65. The molecule has 1 atom stereocenters. The first-order valence-corrected chi connectivity index (χ1v) is 8.12. The quantitative estimate of drug-likeness (QED) is 0.808. The Kier molecular flexibility index (Phi) is 5.50. The SMILES string of the molecule is CC(C)CN(CC1CCCN1)C1CCC(C)CC1. The molecule has 0 bridgehead atoms. The minimum Gasteiger partial charge on any atom is -0.313 e. The molecule has 1 saturated carbocycles. The summed E-state index contributed by atoms with van der Waals surface area (Å²) in [6.07, 6.45) is 8.51. The highest BCUT2D eigenvalue weighted by Gasteiger charge is 2.27. The van der Waals surface area contributed by atoms with E-state index in [4.69, 9.17) is 0 Å². The maximum Gasteiger partial charge on any atom is 0.0195 e.